The fraction of sp³-hybridized carbons (Fsp3) is 0.375. The van der Waals surface area contributed by atoms with Crippen LogP contribution in [0.5, 0.6) is 0 Å². The van der Waals surface area contributed by atoms with Gasteiger partial charge in [0.2, 0.25) is 5.91 Å². The number of piperidine rings is 1. The molecule has 0 saturated carbocycles. The van der Waals surface area contributed by atoms with E-state index in [4.69, 9.17) is 4.98 Å². The number of aromatic nitrogens is 2. The van der Waals surface area contributed by atoms with Gasteiger partial charge in [-0.05, 0) is 79.9 Å². The second-order valence-electron chi connectivity index (χ2n) is 10.7. The number of carbonyl (C=O) groups is 1. The van der Waals surface area contributed by atoms with Crippen LogP contribution in [0.1, 0.15) is 31.2 Å². The molecule has 6 rings (SSSR count). The van der Waals surface area contributed by atoms with Crippen LogP contribution in [0.2, 0.25) is 0 Å². The Hall–Kier alpha value is -3.71. The van der Waals surface area contributed by atoms with E-state index in [2.05, 4.69) is 56.5 Å². The van der Waals surface area contributed by atoms with Crippen LogP contribution in [-0.2, 0) is 17.8 Å². The highest BCUT2D eigenvalue weighted by Crippen LogP contribution is 2.26. The predicted octanol–water partition coefficient (Wildman–Crippen LogP) is 5.29. The van der Waals surface area contributed by atoms with Crippen LogP contribution in [0.4, 0.5) is 10.1 Å². The predicted molar refractivity (Wildman–Crippen MR) is 154 cm³/mol. The Labute approximate surface area is 229 Å². The Morgan fingerprint density at radius 2 is 1.62 bits per heavy atom. The monoisotopic (exact) mass is 525 g/mol. The molecule has 0 spiro atoms. The van der Waals surface area contributed by atoms with Crippen LogP contribution in [0.25, 0.3) is 16.7 Å². The van der Waals surface area contributed by atoms with Gasteiger partial charge in [-0.2, -0.15) is 0 Å². The Morgan fingerprint density at radius 3 is 2.36 bits per heavy atom. The summed E-state index contributed by atoms with van der Waals surface area (Å²) in [6.07, 6.45) is 2.98. The van der Waals surface area contributed by atoms with Gasteiger partial charge in [0.05, 0.1) is 23.5 Å². The number of benzene rings is 3. The molecule has 1 amide bonds. The Balaban J connectivity index is 1.12. The maximum atomic E-state index is 13.7. The van der Waals surface area contributed by atoms with Gasteiger partial charge in [0, 0.05) is 44.1 Å². The third-order valence-electron chi connectivity index (χ3n) is 8.24. The second-order valence-corrected chi connectivity index (χ2v) is 10.7. The van der Waals surface area contributed by atoms with Crippen molar-refractivity contribution >= 4 is 22.6 Å². The van der Waals surface area contributed by atoms with Gasteiger partial charge in [-0.3, -0.25) is 14.3 Å². The number of fused-ring (bicyclic) bond motifs is 1. The first-order chi connectivity index (χ1) is 19.1. The summed E-state index contributed by atoms with van der Waals surface area (Å²) >= 11 is 0. The third kappa shape index (κ3) is 5.41. The minimum absolute atomic E-state index is 0.0118. The van der Waals surface area contributed by atoms with Crippen molar-refractivity contribution in [2.45, 2.75) is 32.7 Å². The number of carbonyl (C=O) groups excluding carboxylic acids is 1. The molecule has 0 bridgehead atoms. The van der Waals surface area contributed by atoms with Crippen molar-refractivity contribution in [1.29, 1.82) is 0 Å². The van der Waals surface area contributed by atoms with E-state index in [-0.39, 0.29) is 17.6 Å². The molecule has 4 aromatic rings. The van der Waals surface area contributed by atoms with Gasteiger partial charge in [0.15, 0.2) is 0 Å². The summed E-state index contributed by atoms with van der Waals surface area (Å²) in [5.41, 5.74) is 5.41. The van der Waals surface area contributed by atoms with E-state index < -0.39 is 0 Å². The summed E-state index contributed by atoms with van der Waals surface area (Å²) in [4.78, 5) is 25.3. The zero-order valence-electron chi connectivity index (χ0n) is 22.6. The number of imidazole rings is 1. The van der Waals surface area contributed by atoms with Crippen molar-refractivity contribution in [3.63, 3.8) is 0 Å². The summed E-state index contributed by atoms with van der Waals surface area (Å²) in [5, 5.41) is 0. The second kappa shape index (κ2) is 11.2. The fourth-order valence-electron chi connectivity index (χ4n) is 6.05. The number of para-hydroxylation sites is 2. The molecule has 6 nitrogen and oxygen atoms in total. The highest BCUT2D eigenvalue weighted by Gasteiger charge is 2.31. The van der Waals surface area contributed by atoms with E-state index in [9.17, 15) is 9.18 Å². The lowest BCUT2D eigenvalue weighted by Gasteiger charge is -2.39. The average Bonchev–Trinajstić information content (AvgIpc) is 3.35. The van der Waals surface area contributed by atoms with E-state index >= 15 is 0 Å². The van der Waals surface area contributed by atoms with E-state index in [1.165, 1.54) is 23.4 Å². The van der Waals surface area contributed by atoms with Gasteiger partial charge in [-0.1, -0.05) is 31.2 Å². The molecule has 2 aliphatic rings. The zero-order valence-corrected chi connectivity index (χ0v) is 22.6. The van der Waals surface area contributed by atoms with Crippen molar-refractivity contribution in [1.82, 2.24) is 19.4 Å². The molecule has 2 fully saturated rings. The lowest BCUT2D eigenvalue weighted by molar-refractivity contribution is -0.137. The summed E-state index contributed by atoms with van der Waals surface area (Å²) in [5.74, 6) is 0.960. The van der Waals surface area contributed by atoms with E-state index in [1.807, 2.05) is 18.2 Å². The highest BCUT2D eigenvalue weighted by molar-refractivity contribution is 5.80. The number of halogens is 1. The molecule has 0 unspecified atom stereocenters. The van der Waals surface area contributed by atoms with Gasteiger partial charge >= 0.3 is 0 Å². The first-order valence-electron chi connectivity index (χ1n) is 14.2. The Bertz CT molecular complexity index is 1420. The minimum Gasteiger partial charge on any atom is -0.368 e. The molecule has 2 saturated heterocycles. The topological polar surface area (TPSA) is 44.6 Å². The Kier molecular flexibility index (Phi) is 7.33. The van der Waals surface area contributed by atoms with Gasteiger partial charge < -0.3 is 9.80 Å². The summed E-state index contributed by atoms with van der Waals surface area (Å²) in [6, 6.07) is 23.4. The standard InChI is InChI=1S/C32H36FN5O/c1-2-24-9-13-27(14-10-24)36-18-20-37(21-19-36)32(39)25-6-5-17-35(22-25)23-31-34-29-7-3-4-8-30(29)38(31)28-15-11-26(33)12-16-28/h3-4,7-16,25H,2,5-6,17-23H2,1H3/t25-/m0/s1. The summed E-state index contributed by atoms with van der Waals surface area (Å²) in [6.45, 7) is 7.79. The molecule has 3 aromatic carbocycles. The first-order valence-corrected chi connectivity index (χ1v) is 14.2. The van der Waals surface area contributed by atoms with Gasteiger partial charge in [0.1, 0.15) is 11.6 Å². The largest absolute Gasteiger partial charge is 0.368 e. The fourth-order valence-corrected chi connectivity index (χ4v) is 6.05. The summed E-state index contributed by atoms with van der Waals surface area (Å²) < 4.78 is 15.8. The van der Waals surface area contributed by atoms with Crippen LogP contribution in [-0.4, -0.2) is 64.5 Å². The molecule has 202 valence electrons. The number of hydrogen-bond acceptors (Lipinski definition) is 4. The van der Waals surface area contributed by atoms with Crippen LogP contribution < -0.4 is 4.90 Å². The van der Waals surface area contributed by atoms with Crippen molar-refractivity contribution in [3.05, 3.63) is 90.0 Å². The van der Waals surface area contributed by atoms with Crippen molar-refractivity contribution in [3.8, 4) is 5.69 Å². The van der Waals surface area contributed by atoms with E-state index in [1.54, 1.807) is 12.1 Å². The number of amides is 1. The molecule has 1 atom stereocenters. The number of nitrogens with zero attached hydrogens (tertiary/aromatic N) is 5. The number of anilines is 1. The molecule has 0 N–H and O–H groups in total. The van der Waals surface area contributed by atoms with Gasteiger partial charge in [-0.25, -0.2) is 9.37 Å². The number of hydrogen-bond donors (Lipinski definition) is 0. The van der Waals surface area contributed by atoms with Crippen molar-refractivity contribution in [2.24, 2.45) is 5.92 Å². The molecule has 2 aliphatic heterocycles. The number of piperazine rings is 1. The van der Waals surface area contributed by atoms with Crippen molar-refractivity contribution < 1.29 is 9.18 Å². The van der Waals surface area contributed by atoms with E-state index in [0.717, 1.165) is 81.1 Å². The van der Waals surface area contributed by atoms with Crippen molar-refractivity contribution in [2.75, 3.05) is 44.2 Å². The summed E-state index contributed by atoms with van der Waals surface area (Å²) in [7, 11) is 0. The number of rotatable bonds is 6. The maximum Gasteiger partial charge on any atom is 0.227 e. The molecule has 1 aromatic heterocycles. The molecule has 0 aliphatic carbocycles. The number of likely N-dealkylation sites (tertiary alicyclic amines) is 1. The molecule has 3 heterocycles. The van der Waals surface area contributed by atoms with Crippen LogP contribution in [0.15, 0.2) is 72.8 Å². The molecule has 39 heavy (non-hydrogen) atoms. The van der Waals surface area contributed by atoms with Crippen LogP contribution in [0.3, 0.4) is 0 Å². The van der Waals surface area contributed by atoms with Gasteiger partial charge in [0.25, 0.3) is 0 Å². The minimum atomic E-state index is -0.252. The first kappa shape index (κ1) is 25.6. The van der Waals surface area contributed by atoms with Gasteiger partial charge in [-0.15, -0.1) is 0 Å². The normalized spacial score (nSPS) is 18.6. The number of aryl methyl sites for hydroxylation is 1. The van der Waals surface area contributed by atoms with Crippen LogP contribution >= 0.6 is 0 Å². The van der Waals surface area contributed by atoms with Crippen LogP contribution in [0, 0.1) is 11.7 Å². The third-order valence-corrected chi connectivity index (χ3v) is 8.24. The maximum absolute atomic E-state index is 13.7. The SMILES string of the molecule is CCc1ccc(N2CCN(C(=O)[C@H]3CCCN(Cc4nc5ccccc5n4-c4ccc(F)cc4)C3)CC2)cc1. The molecule has 7 heteroatoms. The quantitative estimate of drug-likeness (QED) is 0.343. The zero-order chi connectivity index (χ0) is 26.8. The molecule has 0 radical (unpaired) electrons. The molecular formula is C32H36FN5O. The lowest BCUT2D eigenvalue weighted by Crippen LogP contribution is -2.52. The smallest absolute Gasteiger partial charge is 0.227 e. The average molecular weight is 526 g/mol. The lowest BCUT2D eigenvalue weighted by atomic mass is 9.96. The highest BCUT2D eigenvalue weighted by atomic mass is 19.1. The van der Waals surface area contributed by atoms with E-state index in [0.29, 0.717) is 6.54 Å². The Morgan fingerprint density at radius 1 is 0.897 bits per heavy atom. The molecular weight excluding hydrogens is 489 g/mol.